The molecule has 166 valence electrons. The van der Waals surface area contributed by atoms with Crippen LogP contribution < -0.4 is 0 Å². The molecule has 0 N–H and O–H groups in total. The summed E-state index contributed by atoms with van der Waals surface area (Å²) in [5.41, 5.74) is 0.00775. The first kappa shape index (κ1) is 34.7. The number of hydrogen-bond donors (Lipinski definition) is 0. The molecule has 0 rings (SSSR count). The van der Waals surface area contributed by atoms with Gasteiger partial charge >= 0.3 is 43.0 Å². The first-order valence-electron chi connectivity index (χ1n) is 9.60. The Hall–Kier alpha value is 0.262. The van der Waals surface area contributed by atoms with Gasteiger partial charge in [-0.2, -0.15) is 0 Å². The predicted molar refractivity (Wildman–Crippen MR) is 130 cm³/mol. The zero-order valence-corrected chi connectivity index (χ0v) is 25.8. The van der Waals surface area contributed by atoms with Gasteiger partial charge < -0.3 is 23.7 Å². The molecule has 0 amide bonds. The van der Waals surface area contributed by atoms with Gasteiger partial charge in [0.25, 0.3) is 0 Å². The van der Waals surface area contributed by atoms with Gasteiger partial charge in [-0.1, -0.05) is 80.8 Å². The normalized spacial score (nSPS) is 12.0. The van der Waals surface area contributed by atoms with E-state index in [4.69, 9.17) is 0 Å². The van der Waals surface area contributed by atoms with Gasteiger partial charge in [-0.25, -0.2) is 12.4 Å². The van der Waals surface area contributed by atoms with E-state index >= 15 is 0 Å². The van der Waals surface area contributed by atoms with E-state index < -0.39 is 16.1 Å². The molecule has 0 fully saturated rings. The standard InChI is InChI=1S/C10H20N2.2C4H11Si.C3H7N.W/c1-9(2,3)11-7-8-12-10(4,5)6;2*1-5(2,3)4;1-3(2)4;/h7-8H,1-6H3;2*1H2,2-4H3;3H,1-2H3;/q-2;2*-1;;/b8-7-;;;;. The van der Waals surface area contributed by atoms with Gasteiger partial charge in [0, 0.05) is 0 Å². The molecule has 0 aliphatic heterocycles. The van der Waals surface area contributed by atoms with E-state index in [9.17, 15) is 0 Å². The fourth-order valence-electron chi connectivity index (χ4n) is 0.514. The third-order valence-corrected chi connectivity index (χ3v) is 2.72. The first-order valence-corrected chi connectivity index (χ1v) is 18.3. The van der Waals surface area contributed by atoms with Crippen LogP contribution in [0.3, 0.4) is 0 Å². The Kier molecular flexibility index (Phi) is 20.7. The summed E-state index contributed by atoms with van der Waals surface area (Å²) in [7, 11) is -1.72. The second kappa shape index (κ2) is 16.1. The smallest absolute Gasteiger partial charge is 0.0951 e. The molecule has 6 heteroatoms. The van der Waals surface area contributed by atoms with Gasteiger partial charge in [-0.05, 0) is 0 Å². The molecule has 0 bridgehead atoms. The third-order valence-electron chi connectivity index (χ3n) is 1.20. The molecule has 0 heterocycles. The Morgan fingerprint density at radius 3 is 0.963 bits per heavy atom. The van der Waals surface area contributed by atoms with E-state index in [1.165, 1.54) is 19.6 Å². The van der Waals surface area contributed by atoms with Crippen molar-refractivity contribution < 1.29 is 19.6 Å². The first-order chi connectivity index (χ1) is 11.5. The van der Waals surface area contributed by atoms with Crippen molar-refractivity contribution in [1.82, 2.24) is 0 Å². The minimum absolute atomic E-state index is 0.00387. The molecule has 0 saturated carbocycles. The predicted octanol–water partition coefficient (Wildman–Crippen LogP) is 8.32. The van der Waals surface area contributed by atoms with Gasteiger partial charge in [0.05, 0.1) is 0 Å². The van der Waals surface area contributed by atoms with Gasteiger partial charge in [0.15, 0.2) is 0 Å². The summed E-state index contributed by atoms with van der Waals surface area (Å²) in [4.78, 5) is 0. The van der Waals surface area contributed by atoms with Crippen LogP contribution in [-0.4, -0.2) is 33.3 Å². The van der Waals surface area contributed by atoms with E-state index in [2.05, 4.69) is 122 Å². The van der Waals surface area contributed by atoms with Crippen molar-refractivity contribution in [3.63, 3.8) is 0 Å². The molecule has 0 aromatic carbocycles. The molecule has 0 radical (unpaired) electrons. The Morgan fingerprint density at radius 2 is 0.889 bits per heavy atom. The van der Waals surface area contributed by atoms with Crippen LogP contribution in [0.25, 0.3) is 10.6 Å². The van der Waals surface area contributed by atoms with Crippen LogP contribution in [0.5, 0.6) is 0 Å². The van der Waals surface area contributed by atoms with E-state index in [0.29, 0.717) is 6.04 Å². The molecular formula is C21H49N3Si2W-4. The van der Waals surface area contributed by atoms with E-state index in [0.717, 1.165) is 0 Å². The van der Waals surface area contributed by atoms with Crippen molar-refractivity contribution in [2.24, 2.45) is 3.50 Å². The summed E-state index contributed by atoms with van der Waals surface area (Å²) in [5, 5.41) is 8.57. The van der Waals surface area contributed by atoms with Crippen molar-refractivity contribution in [2.45, 2.75) is 112 Å². The van der Waals surface area contributed by atoms with Crippen molar-refractivity contribution in [2.75, 3.05) is 0 Å². The molecule has 0 atom stereocenters. The minimum Gasteiger partial charge on any atom is -0.342 e. The minimum atomic E-state index is -0.861. The topological polar surface area (TPSA) is 40.6 Å². The monoisotopic (exact) mass is 583 g/mol. The maximum absolute atomic E-state index is 4.29. The Labute approximate surface area is 186 Å². The van der Waals surface area contributed by atoms with Crippen molar-refractivity contribution in [3.8, 4) is 0 Å². The molecule has 0 unspecified atom stereocenters. The van der Waals surface area contributed by atoms with Crippen molar-refractivity contribution >= 4 is 16.1 Å². The quantitative estimate of drug-likeness (QED) is 0.237. The van der Waals surface area contributed by atoms with Crippen LogP contribution in [0.1, 0.15) is 55.4 Å². The summed E-state index contributed by atoms with van der Waals surface area (Å²) in [6, 6.07) is 0.546. The number of nitrogens with zero attached hydrogens (tertiary/aromatic N) is 3. The molecule has 0 spiro atoms. The number of hydrogen-bond acceptors (Lipinski definition) is 1. The Balaban J connectivity index is -0.000000147. The molecule has 0 aromatic rings. The van der Waals surface area contributed by atoms with Crippen LogP contribution in [-0.2, 0) is 19.6 Å². The number of rotatable bonds is 3. The summed E-state index contributed by atoms with van der Waals surface area (Å²) in [5.74, 6) is 0. The molecule has 27 heavy (non-hydrogen) atoms. The van der Waals surface area contributed by atoms with E-state index in [1.807, 2.05) is 0 Å². The average molecular weight is 584 g/mol. The zero-order chi connectivity index (χ0) is 23.1. The second-order valence-electron chi connectivity index (χ2n) is 11.2. The van der Waals surface area contributed by atoms with Gasteiger partial charge in [-0.3, -0.25) is 0 Å². The third kappa shape index (κ3) is 122. The van der Waals surface area contributed by atoms with Crippen LogP contribution in [0.15, 0.2) is 15.9 Å². The van der Waals surface area contributed by atoms with Gasteiger partial charge in [0.1, 0.15) is 0 Å². The zero-order valence-electron chi connectivity index (χ0n) is 20.9. The fraction of sp³-hybridized carbons (Fsp3) is 0.810. The summed E-state index contributed by atoms with van der Waals surface area (Å²) in [6.07, 6.45) is 3.54. The largest absolute Gasteiger partial charge is 0.342 e. The van der Waals surface area contributed by atoms with E-state index in [-0.39, 0.29) is 11.1 Å². The second-order valence-corrected chi connectivity index (χ2v) is 22.2. The molecule has 0 aliphatic rings. The van der Waals surface area contributed by atoms with Crippen LogP contribution >= 0.6 is 0 Å². The molecule has 0 aliphatic carbocycles. The van der Waals surface area contributed by atoms with Crippen LogP contribution in [0, 0.1) is 13.1 Å². The van der Waals surface area contributed by atoms with Crippen LogP contribution in [0.4, 0.5) is 0 Å². The maximum Gasteiger partial charge on any atom is -0.0951 e. The molecule has 0 saturated heterocycles. The van der Waals surface area contributed by atoms with Crippen molar-refractivity contribution in [3.05, 3.63) is 36.1 Å². The maximum atomic E-state index is 4.29. The summed E-state index contributed by atoms with van der Waals surface area (Å²) >= 11 is 1.33. The summed E-state index contributed by atoms with van der Waals surface area (Å²) in [6.45, 7) is 37.6. The van der Waals surface area contributed by atoms with Crippen LogP contribution in [0.2, 0.25) is 39.3 Å². The van der Waals surface area contributed by atoms with Crippen molar-refractivity contribution in [1.29, 1.82) is 0 Å². The molecule has 0 aromatic heterocycles. The summed E-state index contributed by atoms with van der Waals surface area (Å²) < 4.78 is 3.97. The van der Waals surface area contributed by atoms with Gasteiger partial charge in [0.2, 0.25) is 0 Å². The fourth-order valence-corrected chi connectivity index (χ4v) is 0.514. The SMILES string of the molecule is CC(C)(C)[N-]/C=C\[N-]C(C)(C)C.CC(C)[N]=[W].[CH2-][Si](C)(C)C.[CH2-][Si](C)(C)C. The molecular weight excluding hydrogens is 534 g/mol. The average Bonchev–Trinajstić information content (AvgIpc) is 2.29. The van der Waals surface area contributed by atoms with E-state index in [1.54, 1.807) is 12.4 Å². The Bertz CT molecular complexity index is 327. The van der Waals surface area contributed by atoms with Gasteiger partial charge in [-0.15, -0.1) is 27.2 Å². The molecule has 3 nitrogen and oxygen atoms in total. The Morgan fingerprint density at radius 1 is 0.741 bits per heavy atom.